The Balaban J connectivity index is 1.36. The Morgan fingerprint density at radius 2 is 1.85 bits per heavy atom. The normalized spacial score (nSPS) is 18.1. The van der Waals surface area contributed by atoms with Crippen LogP contribution in [0.3, 0.4) is 0 Å². The second-order valence-corrected chi connectivity index (χ2v) is 7.56. The molecule has 0 radical (unpaired) electrons. The van der Waals surface area contributed by atoms with Gasteiger partial charge in [-0.15, -0.1) is 0 Å². The minimum absolute atomic E-state index is 0.0604. The average molecular weight is 377 g/mol. The molecule has 1 fully saturated rings. The maximum atomic E-state index is 12.5. The van der Waals surface area contributed by atoms with Gasteiger partial charge in [-0.3, -0.25) is 14.0 Å². The van der Waals surface area contributed by atoms with Crippen LogP contribution < -0.4 is 10.6 Å². The van der Waals surface area contributed by atoms with Gasteiger partial charge in [0.05, 0.1) is 5.69 Å². The lowest BCUT2D eigenvalue weighted by molar-refractivity contribution is 0.242. The molecule has 1 N–H and O–H groups in total. The van der Waals surface area contributed by atoms with E-state index in [0.717, 1.165) is 74.9 Å². The zero-order valence-electron chi connectivity index (χ0n) is 14.9. The highest BCUT2D eigenvalue weighted by molar-refractivity contribution is 6.30. The Morgan fingerprint density at radius 1 is 1.04 bits per heavy atom. The lowest BCUT2D eigenvalue weighted by Gasteiger charge is -2.36. The molecule has 1 aromatic heterocycles. The van der Waals surface area contributed by atoms with Crippen molar-refractivity contribution >= 4 is 17.3 Å². The van der Waals surface area contributed by atoms with Gasteiger partial charge in [-0.2, -0.15) is 0 Å². The summed E-state index contributed by atoms with van der Waals surface area (Å²) in [6, 6.07) is 7.96. The molecular weight excluding hydrogens is 352 g/mol. The molecule has 140 valence electrons. The molecule has 26 heavy (non-hydrogen) atoms. The molecule has 0 atom stereocenters. The number of nitrogens with zero attached hydrogens (tertiary/aromatic N) is 4. The first-order chi connectivity index (χ1) is 12.6. The Kier molecular flexibility index (Phi) is 4.96. The van der Waals surface area contributed by atoms with Crippen molar-refractivity contribution in [2.24, 2.45) is 0 Å². The first kappa shape index (κ1) is 17.5. The summed E-state index contributed by atoms with van der Waals surface area (Å²) in [5.41, 5.74) is 1.91. The summed E-state index contributed by atoms with van der Waals surface area (Å²) < 4.78 is 3.29. The number of rotatable bonds is 4. The molecule has 7 heteroatoms. The number of benzene rings is 1. The number of halogens is 1. The fraction of sp³-hybridized carbons (Fsp3) is 0.526. The van der Waals surface area contributed by atoms with Crippen LogP contribution in [0.15, 0.2) is 29.1 Å². The first-order valence-corrected chi connectivity index (χ1v) is 9.75. The van der Waals surface area contributed by atoms with E-state index in [4.69, 9.17) is 11.6 Å². The number of hydrogen-bond donors (Lipinski definition) is 1. The van der Waals surface area contributed by atoms with Gasteiger partial charge in [-0.1, -0.05) is 17.7 Å². The lowest BCUT2D eigenvalue weighted by Crippen LogP contribution is -2.47. The number of hydrogen-bond acceptors (Lipinski definition) is 4. The largest absolute Gasteiger partial charge is 0.493 e. The van der Waals surface area contributed by atoms with Gasteiger partial charge < -0.3 is 10.0 Å². The number of anilines is 1. The van der Waals surface area contributed by atoms with Crippen LogP contribution in [0.5, 0.6) is 5.88 Å². The van der Waals surface area contributed by atoms with Crippen molar-refractivity contribution in [3.8, 4) is 5.88 Å². The van der Waals surface area contributed by atoms with Crippen LogP contribution in [-0.2, 0) is 19.5 Å². The standard InChI is InChI=1S/C19H25ClN4O2/c20-15-4-3-5-16(14-15)22-11-8-21(9-12-22)10-13-24-18(25)17-6-1-2-7-23(17)19(24)26/h3-5,14,25H,1-2,6-13H2. The Hall–Kier alpha value is -1.92. The van der Waals surface area contributed by atoms with Gasteiger partial charge in [0.1, 0.15) is 0 Å². The third-order valence-corrected chi connectivity index (χ3v) is 5.77. The van der Waals surface area contributed by atoms with Gasteiger partial charge in [0, 0.05) is 56.5 Å². The maximum Gasteiger partial charge on any atom is 0.331 e. The van der Waals surface area contributed by atoms with Gasteiger partial charge in [0.25, 0.3) is 0 Å². The molecule has 1 aromatic carbocycles. The lowest BCUT2D eigenvalue weighted by atomic mass is 10.1. The first-order valence-electron chi connectivity index (χ1n) is 9.37. The number of imidazole rings is 1. The number of aromatic nitrogens is 2. The molecule has 0 bridgehead atoms. The molecular formula is C19H25ClN4O2. The minimum Gasteiger partial charge on any atom is -0.493 e. The highest BCUT2D eigenvalue weighted by Crippen LogP contribution is 2.23. The van der Waals surface area contributed by atoms with Crippen molar-refractivity contribution < 1.29 is 5.11 Å². The van der Waals surface area contributed by atoms with E-state index in [2.05, 4.69) is 15.9 Å². The summed E-state index contributed by atoms with van der Waals surface area (Å²) in [6.07, 6.45) is 2.86. The zero-order valence-corrected chi connectivity index (χ0v) is 15.7. The van der Waals surface area contributed by atoms with Crippen LogP contribution in [0.25, 0.3) is 0 Å². The molecule has 0 amide bonds. The van der Waals surface area contributed by atoms with Crippen molar-refractivity contribution in [3.63, 3.8) is 0 Å². The summed E-state index contributed by atoms with van der Waals surface area (Å²) >= 11 is 6.09. The van der Waals surface area contributed by atoms with Crippen LogP contribution >= 0.6 is 11.6 Å². The van der Waals surface area contributed by atoms with Gasteiger partial charge in [0.2, 0.25) is 5.88 Å². The quantitative estimate of drug-likeness (QED) is 0.888. The minimum atomic E-state index is -0.0604. The molecule has 0 saturated carbocycles. The van der Waals surface area contributed by atoms with Crippen molar-refractivity contribution in [3.05, 3.63) is 45.5 Å². The molecule has 0 unspecified atom stereocenters. The van der Waals surface area contributed by atoms with E-state index in [1.54, 1.807) is 9.13 Å². The van der Waals surface area contributed by atoms with E-state index in [0.29, 0.717) is 6.54 Å². The molecule has 1 saturated heterocycles. The van der Waals surface area contributed by atoms with E-state index in [-0.39, 0.29) is 11.6 Å². The van der Waals surface area contributed by atoms with Crippen molar-refractivity contribution in [1.29, 1.82) is 0 Å². The van der Waals surface area contributed by atoms with Crippen LogP contribution in [0, 0.1) is 0 Å². The predicted molar refractivity (Wildman–Crippen MR) is 103 cm³/mol. The second kappa shape index (κ2) is 7.37. The van der Waals surface area contributed by atoms with Crippen LogP contribution in [0.4, 0.5) is 5.69 Å². The van der Waals surface area contributed by atoms with E-state index in [9.17, 15) is 9.90 Å². The Labute approximate surface area is 158 Å². The molecule has 0 spiro atoms. The molecule has 0 aliphatic carbocycles. The van der Waals surface area contributed by atoms with Crippen molar-refractivity contribution in [1.82, 2.24) is 14.0 Å². The predicted octanol–water partition coefficient (Wildman–Crippen LogP) is 2.17. The average Bonchev–Trinajstić information content (AvgIpc) is 2.91. The monoisotopic (exact) mass is 376 g/mol. The zero-order chi connectivity index (χ0) is 18.1. The molecule has 6 nitrogen and oxygen atoms in total. The second-order valence-electron chi connectivity index (χ2n) is 7.12. The highest BCUT2D eigenvalue weighted by Gasteiger charge is 2.23. The number of fused-ring (bicyclic) bond motifs is 1. The maximum absolute atomic E-state index is 12.5. The summed E-state index contributed by atoms with van der Waals surface area (Å²) in [5, 5.41) is 11.2. The summed E-state index contributed by atoms with van der Waals surface area (Å²) in [4.78, 5) is 17.2. The van der Waals surface area contributed by atoms with Crippen molar-refractivity contribution in [2.75, 3.05) is 37.6 Å². The SMILES string of the molecule is O=c1n(CCN2CCN(c3cccc(Cl)c3)CC2)c(O)c2n1CCCC2. The van der Waals surface area contributed by atoms with Crippen LogP contribution in [0.2, 0.25) is 5.02 Å². The Morgan fingerprint density at radius 3 is 2.58 bits per heavy atom. The molecule has 4 rings (SSSR count). The van der Waals surface area contributed by atoms with Gasteiger partial charge in [-0.05, 0) is 37.5 Å². The third-order valence-electron chi connectivity index (χ3n) is 5.53. The van der Waals surface area contributed by atoms with Crippen LogP contribution in [-0.4, -0.2) is 51.9 Å². The number of aromatic hydroxyl groups is 1. The van der Waals surface area contributed by atoms with Gasteiger partial charge in [-0.25, -0.2) is 4.79 Å². The van der Waals surface area contributed by atoms with E-state index in [1.165, 1.54) is 0 Å². The van der Waals surface area contributed by atoms with Crippen molar-refractivity contribution in [2.45, 2.75) is 32.4 Å². The Bertz CT molecular complexity index is 837. The van der Waals surface area contributed by atoms with Gasteiger partial charge >= 0.3 is 5.69 Å². The van der Waals surface area contributed by atoms with E-state index < -0.39 is 0 Å². The molecule has 2 aromatic rings. The topological polar surface area (TPSA) is 53.6 Å². The smallest absolute Gasteiger partial charge is 0.331 e. The third kappa shape index (κ3) is 3.35. The molecule has 2 aliphatic heterocycles. The summed E-state index contributed by atoms with van der Waals surface area (Å²) in [5.74, 6) is 0.173. The van der Waals surface area contributed by atoms with E-state index in [1.807, 2.05) is 18.2 Å². The summed E-state index contributed by atoms with van der Waals surface area (Å²) in [7, 11) is 0. The molecule has 3 heterocycles. The summed E-state index contributed by atoms with van der Waals surface area (Å²) in [6.45, 7) is 5.81. The van der Waals surface area contributed by atoms with Crippen LogP contribution in [0.1, 0.15) is 18.5 Å². The fourth-order valence-electron chi connectivity index (χ4n) is 4.01. The highest BCUT2D eigenvalue weighted by atomic mass is 35.5. The molecule has 2 aliphatic rings. The van der Waals surface area contributed by atoms with E-state index >= 15 is 0 Å². The fourth-order valence-corrected chi connectivity index (χ4v) is 4.20. The van der Waals surface area contributed by atoms with Gasteiger partial charge in [0.15, 0.2) is 0 Å². The number of piperazine rings is 1.